The number of nitrogens with one attached hydrogen (secondary N) is 1. The first kappa shape index (κ1) is 50.4. The maximum Gasteiger partial charge on any atom is 0.216 e. The van der Waals surface area contributed by atoms with Crippen molar-refractivity contribution in [3.8, 4) is 0 Å². The van der Waals surface area contributed by atoms with Crippen molar-refractivity contribution in [3.63, 3.8) is 0 Å². The molecule has 0 aromatic heterocycles. The Labute approximate surface area is 376 Å². The van der Waals surface area contributed by atoms with Gasteiger partial charge in [0.25, 0.3) is 0 Å². The van der Waals surface area contributed by atoms with E-state index in [1.165, 1.54) is 13.8 Å². The van der Waals surface area contributed by atoms with E-state index < -0.39 is 105 Å². The zero-order valence-electron chi connectivity index (χ0n) is 38.3. The van der Waals surface area contributed by atoms with Crippen molar-refractivity contribution in [3.05, 3.63) is 0 Å². The van der Waals surface area contributed by atoms with Crippen LogP contribution >= 0.6 is 0 Å². The molecule has 64 heavy (non-hydrogen) atoms. The van der Waals surface area contributed by atoms with E-state index in [-0.39, 0.29) is 46.4 Å². The van der Waals surface area contributed by atoms with Crippen LogP contribution in [0.15, 0.2) is 0 Å². The number of hydrogen-bond donors (Lipinski definition) is 10. The summed E-state index contributed by atoms with van der Waals surface area (Å²) < 4.78 is 35.5. The molecule has 7 rings (SSSR count). The fourth-order valence-electron chi connectivity index (χ4n) is 13.5. The molecule has 0 spiro atoms. The lowest BCUT2D eigenvalue weighted by atomic mass is 9.44. The van der Waals surface area contributed by atoms with Gasteiger partial charge in [-0.2, -0.15) is 0 Å². The number of ketones is 1. The highest BCUT2D eigenvalue weighted by molar-refractivity contribution is 5.81. The third-order valence-electron chi connectivity index (χ3n) is 17.3. The van der Waals surface area contributed by atoms with Crippen LogP contribution in [0.5, 0.6) is 0 Å². The van der Waals surface area contributed by atoms with Crippen molar-refractivity contribution in [2.45, 2.75) is 204 Å². The van der Waals surface area contributed by atoms with Gasteiger partial charge in [-0.3, -0.25) is 9.59 Å². The van der Waals surface area contributed by atoms with Crippen molar-refractivity contribution >= 4 is 11.7 Å². The van der Waals surface area contributed by atoms with Crippen molar-refractivity contribution in [1.82, 2.24) is 5.32 Å². The van der Waals surface area contributed by atoms with Crippen molar-refractivity contribution < 1.29 is 84.0 Å². The molecule has 0 radical (unpaired) electrons. The summed E-state index contributed by atoms with van der Waals surface area (Å²) in [7, 11) is 0. The van der Waals surface area contributed by atoms with Gasteiger partial charge >= 0.3 is 0 Å². The van der Waals surface area contributed by atoms with E-state index in [0.29, 0.717) is 55.9 Å². The minimum absolute atomic E-state index is 0.0290. The molecule has 0 bridgehead atoms. The van der Waals surface area contributed by atoms with Gasteiger partial charge in [0, 0.05) is 25.8 Å². The maximum absolute atomic E-state index is 13.6. The number of fused-ring (bicyclic) bond motifs is 5. The maximum atomic E-state index is 13.6. The number of carbonyl (C=O) groups excluding carboxylic acids is 2. The number of rotatable bonds is 14. The van der Waals surface area contributed by atoms with Gasteiger partial charge in [0.1, 0.15) is 66.8 Å². The Morgan fingerprint density at radius 2 is 1.41 bits per heavy atom. The molecule has 25 atom stereocenters. The molecular formula is C46H77NO17. The Morgan fingerprint density at radius 3 is 2.11 bits per heavy atom. The number of carbonyl (C=O) groups is 2. The lowest BCUT2D eigenvalue weighted by Crippen LogP contribution is -2.66. The third-order valence-corrected chi connectivity index (χ3v) is 17.3. The summed E-state index contributed by atoms with van der Waals surface area (Å²) in [6.07, 6.45) is -13.6. The molecule has 0 aromatic rings. The van der Waals surface area contributed by atoms with Gasteiger partial charge in [0.2, 0.25) is 5.91 Å². The summed E-state index contributed by atoms with van der Waals surface area (Å²) in [6.45, 7) is 11.2. The van der Waals surface area contributed by atoms with Crippen molar-refractivity contribution in [2.75, 3.05) is 19.8 Å². The number of hydrogen-bond acceptors (Lipinski definition) is 17. The second-order valence-corrected chi connectivity index (χ2v) is 21.2. The van der Waals surface area contributed by atoms with Crippen molar-refractivity contribution in [2.24, 2.45) is 52.3 Å². The van der Waals surface area contributed by atoms with Crippen LogP contribution in [0.2, 0.25) is 0 Å². The molecule has 0 unspecified atom stereocenters. The number of ether oxygens (including phenoxy) is 6. The van der Waals surface area contributed by atoms with Gasteiger partial charge in [-0.25, -0.2) is 0 Å². The molecule has 4 saturated carbocycles. The molecule has 1 amide bonds. The standard InChI is InChI=1S/C46H77NO17/c1-20(17-47-23(4)49)7-10-29(50)21(2)33-30(51)16-28-26-9-8-24-15-25(11-13-45(24,5)27(26)12-14-46(28,33)6)61-43-39(58)37(56)40(32(18-48)62-43)63-44-41(36(55)34(53)22(3)60-44)64-42-38(57)35(54)31(52)19-59-42/h20-22,24-28,30-44,48,51-58H,7-19H2,1-6H3,(H,47,49)/t20-,21-,22+,24+,25+,26-,27+,28+,30-,31-,32-,33+,34+,35+,36-,37-,38-,39-,40-,41-,42+,43-,44+,45+,46+/m1/s1. The second kappa shape index (κ2) is 20.2. The lowest BCUT2D eigenvalue weighted by molar-refractivity contribution is -0.383. The molecule has 0 aromatic carbocycles. The van der Waals surface area contributed by atoms with E-state index in [1.54, 1.807) is 0 Å². The van der Waals surface area contributed by atoms with Crippen LogP contribution in [0.4, 0.5) is 0 Å². The number of aliphatic hydroxyl groups excluding tert-OH is 9. The minimum Gasteiger partial charge on any atom is -0.394 e. The van der Waals surface area contributed by atoms with E-state index in [4.69, 9.17) is 28.4 Å². The quantitative estimate of drug-likeness (QED) is 0.102. The fraction of sp³-hybridized carbons (Fsp3) is 0.957. The van der Waals surface area contributed by atoms with E-state index in [1.807, 2.05) is 13.8 Å². The van der Waals surface area contributed by atoms with E-state index >= 15 is 0 Å². The van der Waals surface area contributed by atoms with Gasteiger partial charge in [0.05, 0.1) is 31.5 Å². The van der Waals surface area contributed by atoms with Gasteiger partial charge in [-0.15, -0.1) is 0 Å². The molecule has 3 heterocycles. The largest absolute Gasteiger partial charge is 0.394 e. The SMILES string of the molecule is CC(=O)NC[C@H](C)CCC(=O)[C@@H](C)[C@H]1[C@H](O)C[C@H]2[C@@H]3CC[C@H]4C[C@@H](O[C@@H]5O[C@H](CO)[C@@H](O[C@@H]6O[C@@H](C)[C@H](O)[C@@H](O)[C@H]6O[C@@H]6OC[C@@H](O)[C@H](O)[C@H]6O)[C@H](O)[C@H]5O)CC[C@]4(C)[C@H]3CC[C@]12C. The third kappa shape index (κ3) is 9.73. The van der Waals surface area contributed by atoms with Crippen LogP contribution in [-0.2, 0) is 38.0 Å². The summed E-state index contributed by atoms with van der Waals surface area (Å²) in [5, 5.41) is 100. The van der Waals surface area contributed by atoms with Crippen LogP contribution in [0.25, 0.3) is 0 Å². The Balaban J connectivity index is 0.954. The lowest BCUT2D eigenvalue weighted by Gasteiger charge is -2.61. The van der Waals surface area contributed by atoms with Crippen LogP contribution in [0.1, 0.15) is 106 Å². The highest BCUT2D eigenvalue weighted by Gasteiger charge is 2.64. The molecule has 7 aliphatic rings. The zero-order valence-corrected chi connectivity index (χ0v) is 38.3. The summed E-state index contributed by atoms with van der Waals surface area (Å²) in [5.74, 6) is 1.48. The Hall–Kier alpha value is -1.46. The Kier molecular flexibility index (Phi) is 16.0. The van der Waals surface area contributed by atoms with Crippen LogP contribution in [0, 0.1) is 52.3 Å². The monoisotopic (exact) mass is 916 g/mol. The minimum atomic E-state index is -1.73. The molecule has 7 fully saturated rings. The van der Waals surface area contributed by atoms with Crippen LogP contribution in [0.3, 0.4) is 0 Å². The van der Waals surface area contributed by atoms with Gasteiger partial charge in [-0.05, 0) is 111 Å². The summed E-state index contributed by atoms with van der Waals surface area (Å²) in [4.78, 5) is 25.0. The number of aliphatic hydroxyl groups is 9. The van der Waals surface area contributed by atoms with Crippen LogP contribution < -0.4 is 5.32 Å². The number of Topliss-reactive ketones (excluding diaryl/α,β-unsaturated/α-hetero) is 1. The van der Waals surface area contributed by atoms with Gasteiger partial charge in [-0.1, -0.05) is 27.7 Å². The van der Waals surface area contributed by atoms with Gasteiger partial charge < -0.3 is 79.7 Å². The topological polar surface area (TPSA) is 284 Å². The summed E-state index contributed by atoms with van der Waals surface area (Å²) >= 11 is 0. The molecule has 3 saturated heterocycles. The molecule has 3 aliphatic heterocycles. The predicted molar refractivity (Wildman–Crippen MR) is 224 cm³/mol. The van der Waals surface area contributed by atoms with E-state index in [0.717, 1.165) is 38.5 Å². The fourth-order valence-corrected chi connectivity index (χ4v) is 13.5. The molecule has 18 heteroatoms. The normalized spacial score (nSPS) is 50.4. The molecule has 18 nitrogen and oxygen atoms in total. The highest BCUT2D eigenvalue weighted by Crippen LogP contribution is 2.68. The zero-order chi connectivity index (χ0) is 46.6. The average molecular weight is 916 g/mol. The summed E-state index contributed by atoms with van der Waals surface area (Å²) in [6, 6.07) is 0. The first-order valence-electron chi connectivity index (χ1n) is 23.9. The first-order valence-corrected chi connectivity index (χ1v) is 23.9. The predicted octanol–water partition coefficient (Wildman–Crippen LogP) is -0.126. The number of amides is 1. The Bertz CT molecular complexity index is 1590. The molecule has 4 aliphatic carbocycles. The first-order chi connectivity index (χ1) is 30.2. The Morgan fingerprint density at radius 1 is 0.734 bits per heavy atom. The molecule has 368 valence electrons. The second-order valence-electron chi connectivity index (χ2n) is 21.2. The molecule has 10 N–H and O–H groups in total. The van der Waals surface area contributed by atoms with E-state index in [2.05, 4.69) is 19.2 Å². The highest BCUT2D eigenvalue weighted by atomic mass is 16.8. The van der Waals surface area contributed by atoms with Crippen molar-refractivity contribution in [1.29, 1.82) is 0 Å². The van der Waals surface area contributed by atoms with Gasteiger partial charge in [0.15, 0.2) is 18.9 Å². The van der Waals surface area contributed by atoms with Crippen LogP contribution in [-0.4, -0.2) is 176 Å². The summed E-state index contributed by atoms with van der Waals surface area (Å²) in [5.41, 5.74) is -0.112. The van der Waals surface area contributed by atoms with E-state index in [9.17, 15) is 55.5 Å². The molecular weight excluding hydrogens is 838 g/mol. The average Bonchev–Trinajstić information content (AvgIpc) is 3.54. The smallest absolute Gasteiger partial charge is 0.216 e.